The van der Waals surface area contributed by atoms with Crippen molar-refractivity contribution in [2.45, 2.75) is 26.3 Å². The first-order valence-corrected chi connectivity index (χ1v) is 8.78. The molecule has 19 heavy (non-hydrogen) atoms. The second-order valence-corrected chi connectivity index (χ2v) is 7.99. The van der Waals surface area contributed by atoms with Crippen LogP contribution in [-0.4, -0.2) is 32.4 Å². The first kappa shape index (κ1) is 16.2. The first-order valence-electron chi connectivity index (χ1n) is 5.93. The fourth-order valence-corrected chi connectivity index (χ4v) is 3.03. The van der Waals surface area contributed by atoms with Crippen LogP contribution < -0.4 is 5.32 Å². The highest BCUT2D eigenvalue weighted by atomic mass is 79.9. The smallest absolute Gasteiger partial charge is 0.251 e. The number of aryl methyl sites for hydroxylation is 1. The van der Waals surface area contributed by atoms with Gasteiger partial charge in [0, 0.05) is 22.3 Å². The third kappa shape index (κ3) is 6.20. The predicted molar refractivity (Wildman–Crippen MR) is 80.1 cm³/mol. The molecule has 0 aliphatic heterocycles. The zero-order chi connectivity index (χ0) is 14.6. The van der Waals surface area contributed by atoms with E-state index in [1.165, 1.54) is 6.26 Å². The number of amides is 1. The molecular weight excluding hydrogens is 330 g/mol. The number of sulfone groups is 1. The molecule has 0 spiro atoms. The lowest BCUT2D eigenvalue weighted by atomic mass is 10.1. The summed E-state index contributed by atoms with van der Waals surface area (Å²) in [5.41, 5.74) is 1.56. The maximum absolute atomic E-state index is 12.0. The molecule has 0 aliphatic rings. The zero-order valence-electron chi connectivity index (χ0n) is 11.2. The Balaban J connectivity index is 2.64. The van der Waals surface area contributed by atoms with E-state index in [0.717, 1.165) is 10.0 Å². The van der Waals surface area contributed by atoms with Gasteiger partial charge in [-0.3, -0.25) is 4.79 Å². The standard InChI is InChI=1S/C13H18BrNO3S/c1-9-6-11(8-12(14)7-9)13(16)15-10(2)4-5-19(3,17)18/h6-8,10H,4-5H2,1-3H3,(H,15,16). The molecule has 1 unspecified atom stereocenters. The summed E-state index contributed by atoms with van der Waals surface area (Å²) in [7, 11) is -2.99. The summed E-state index contributed by atoms with van der Waals surface area (Å²) in [6.07, 6.45) is 1.61. The molecule has 0 fully saturated rings. The molecule has 0 aliphatic carbocycles. The van der Waals surface area contributed by atoms with Gasteiger partial charge in [-0.25, -0.2) is 8.42 Å². The van der Waals surface area contributed by atoms with Gasteiger partial charge < -0.3 is 5.32 Å². The van der Waals surface area contributed by atoms with Crippen LogP contribution in [0.5, 0.6) is 0 Å². The number of benzene rings is 1. The molecule has 1 N–H and O–H groups in total. The molecule has 0 radical (unpaired) electrons. The molecule has 1 amide bonds. The van der Waals surface area contributed by atoms with Crippen molar-refractivity contribution in [2.24, 2.45) is 0 Å². The molecule has 0 saturated carbocycles. The Hall–Kier alpha value is -0.880. The fourth-order valence-electron chi connectivity index (χ4n) is 1.64. The Morgan fingerprint density at radius 1 is 1.37 bits per heavy atom. The molecule has 0 heterocycles. The second kappa shape index (κ2) is 6.52. The van der Waals surface area contributed by atoms with Crippen LogP contribution in [0.2, 0.25) is 0 Å². The van der Waals surface area contributed by atoms with E-state index in [9.17, 15) is 13.2 Å². The van der Waals surface area contributed by atoms with Crippen LogP contribution in [0.25, 0.3) is 0 Å². The molecule has 4 nitrogen and oxygen atoms in total. The molecular formula is C13H18BrNO3S. The van der Waals surface area contributed by atoms with Crippen LogP contribution in [-0.2, 0) is 9.84 Å². The van der Waals surface area contributed by atoms with Crippen LogP contribution in [0.4, 0.5) is 0 Å². The lowest BCUT2D eigenvalue weighted by Gasteiger charge is -2.13. The van der Waals surface area contributed by atoms with Crippen molar-refractivity contribution >= 4 is 31.7 Å². The van der Waals surface area contributed by atoms with E-state index in [-0.39, 0.29) is 17.7 Å². The number of carbonyl (C=O) groups excluding carboxylic acids is 1. The predicted octanol–water partition coefficient (Wildman–Crippen LogP) is 2.31. The van der Waals surface area contributed by atoms with Gasteiger partial charge in [0.25, 0.3) is 5.91 Å². The first-order chi connectivity index (χ1) is 8.67. The van der Waals surface area contributed by atoms with Crippen molar-refractivity contribution in [1.82, 2.24) is 5.32 Å². The number of hydrogen-bond donors (Lipinski definition) is 1. The van der Waals surface area contributed by atoms with E-state index in [2.05, 4.69) is 21.2 Å². The van der Waals surface area contributed by atoms with Gasteiger partial charge in [-0.1, -0.05) is 15.9 Å². The van der Waals surface area contributed by atoms with Crippen LogP contribution in [0.1, 0.15) is 29.3 Å². The molecule has 1 aromatic rings. The number of carbonyl (C=O) groups is 1. The van der Waals surface area contributed by atoms with E-state index >= 15 is 0 Å². The average molecular weight is 348 g/mol. The Bertz CT molecular complexity index is 549. The van der Waals surface area contributed by atoms with Crippen molar-refractivity contribution in [3.8, 4) is 0 Å². The van der Waals surface area contributed by atoms with Crippen molar-refractivity contribution in [2.75, 3.05) is 12.0 Å². The lowest BCUT2D eigenvalue weighted by Crippen LogP contribution is -2.33. The molecule has 0 saturated heterocycles. The third-order valence-electron chi connectivity index (χ3n) is 2.60. The minimum absolute atomic E-state index is 0.0754. The summed E-state index contributed by atoms with van der Waals surface area (Å²) in [6.45, 7) is 3.71. The molecule has 1 rings (SSSR count). The maximum Gasteiger partial charge on any atom is 0.251 e. The largest absolute Gasteiger partial charge is 0.350 e. The van der Waals surface area contributed by atoms with E-state index in [4.69, 9.17) is 0 Å². The van der Waals surface area contributed by atoms with Crippen molar-refractivity contribution in [1.29, 1.82) is 0 Å². The molecule has 1 aromatic carbocycles. The molecule has 6 heteroatoms. The highest BCUT2D eigenvalue weighted by molar-refractivity contribution is 9.10. The summed E-state index contributed by atoms with van der Waals surface area (Å²) in [4.78, 5) is 12.0. The van der Waals surface area contributed by atoms with Crippen LogP contribution in [0.3, 0.4) is 0 Å². The van der Waals surface area contributed by atoms with Gasteiger partial charge in [-0.15, -0.1) is 0 Å². The van der Waals surface area contributed by atoms with E-state index < -0.39 is 9.84 Å². The zero-order valence-corrected chi connectivity index (χ0v) is 13.6. The summed E-state index contributed by atoms with van der Waals surface area (Å²) >= 11 is 3.35. The summed E-state index contributed by atoms with van der Waals surface area (Å²) in [6, 6.07) is 5.28. The SMILES string of the molecule is Cc1cc(Br)cc(C(=O)NC(C)CCS(C)(=O)=O)c1. The molecule has 106 valence electrons. The summed E-state index contributed by atoms with van der Waals surface area (Å²) < 4.78 is 23.0. The van der Waals surface area contributed by atoms with Crippen molar-refractivity contribution < 1.29 is 13.2 Å². The highest BCUT2D eigenvalue weighted by Crippen LogP contribution is 2.15. The van der Waals surface area contributed by atoms with E-state index in [1.54, 1.807) is 19.1 Å². The second-order valence-electron chi connectivity index (χ2n) is 4.81. The monoisotopic (exact) mass is 347 g/mol. The van der Waals surface area contributed by atoms with E-state index in [0.29, 0.717) is 12.0 Å². The van der Waals surface area contributed by atoms with Gasteiger partial charge in [-0.2, -0.15) is 0 Å². The Morgan fingerprint density at radius 2 is 2.00 bits per heavy atom. The minimum atomic E-state index is -2.99. The lowest BCUT2D eigenvalue weighted by molar-refractivity contribution is 0.0939. The number of hydrogen-bond acceptors (Lipinski definition) is 3. The third-order valence-corrected chi connectivity index (χ3v) is 4.04. The molecule has 0 bridgehead atoms. The average Bonchev–Trinajstić information content (AvgIpc) is 2.24. The number of rotatable bonds is 5. The highest BCUT2D eigenvalue weighted by Gasteiger charge is 2.12. The van der Waals surface area contributed by atoms with Crippen LogP contribution in [0, 0.1) is 6.92 Å². The normalized spacial score (nSPS) is 13.1. The van der Waals surface area contributed by atoms with Gasteiger partial charge in [-0.05, 0) is 44.0 Å². The van der Waals surface area contributed by atoms with Gasteiger partial charge in [0.15, 0.2) is 0 Å². The molecule has 0 aromatic heterocycles. The quantitative estimate of drug-likeness (QED) is 0.888. The van der Waals surface area contributed by atoms with E-state index in [1.807, 2.05) is 13.0 Å². The summed E-state index contributed by atoms with van der Waals surface area (Å²) in [5.74, 6) is -0.114. The van der Waals surface area contributed by atoms with Crippen LogP contribution >= 0.6 is 15.9 Å². The topological polar surface area (TPSA) is 63.2 Å². The van der Waals surface area contributed by atoms with Gasteiger partial charge >= 0.3 is 0 Å². The minimum Gasteiger partial charge on any atom is -0.350 e. The fraction of sp³-hybridized carbons (Fsp3) is 0.462. The Labute approximate surface area is 122 Å². The Morgan fingerprint density at radius 3 is 2.53 bits per heavy atom. The molecule has 1 atom stereocenters. The van der Waals surface area contributed by atoms with Gasteiger partial charge in [0.2, 0.25) is 0 Å². The van der Waals surface area contributed by atoms with Crippen molar-refractivity contribution in [3.05, 3.63) is 33.8 Å². The Kier molecular flexibility index (Phi) is 5.55. The number of nitrogens with one attached hydrogen (secondary N) is 1. The summed E-state index contributed by atoms with van der Waals surface area (Å²) in [5, 5.41) is 2.80. The number of halogens is 1. The van der Waals surface area contributed by atoms with Crippen molar-refractivity contribution in [3.63, 3.8) is 0 Å². The van der Waals surface area contributed by atoms with Gasteiger partial charge in [0.05, 0.1) is 5.75 Å². The van der Waals surface area contributed by atoms with Crippen LogP contribution in [0.15, 0.2) is 22.7 Å². The van der Waals surface area contributed by atoms with Gasteiger partial charge in [0.1, 0.15) is 9.84 Å². The maximum atomic E-state index is 12.0.